The standard InChI is InChI=1S/C20H16BrN3/c1-13-3-5-15(6-4-13)18-11-12-22-20-19(14(2)23-24(18)20)16-7-9-17(21)10-8-16/h3-12H,1-2H3. The third-order valence-electron chi connectivity index (χ3n) is 4.17. The van der Waals surface area contributed by atoms with Crippen molar-refractivity contribution < 1.29 is 0 Å². The highest BCUT2D eigenvalue weighted by molar-refractivity contribution is 9.10. The summed E-state index contributed by atoms with van der Waals surface area (Å²) in [6, 6.07) is 18.8. The first kappa shape index (κ1) is 15.1. The summed E-state index contributed by atoms with van der Waals surface area (Å²) in [5.74, 6) is 0. The smallest absolute Gasteiger partial charge is 0.163 e. The number of rotatable bonds is 2. The van der Waals surface area contributed by atoms with Crippen LogP contribution in [0.1, 0.15) is 11.3 Å². The molecule has 0 N–H and O–H groups in total. The molecule has 3 nitrogen and oxygen atoms in total. The minimum absolute atomic E-state index is 0.882. The molecule has 0 spiro atoms. The van der Waals surface area contributed by atoms with Crippen molar-refractivity contribution in [2.45, 2.75) is 13.8 Å². The molecule has 118 valence electrons. The molecule has 0 unspecified atom stereocenters. The van der Waals surface area contributed by atoms with Crippen molar-refractivity contribution in [1.82, 2.24) is 14.6 Å². The summed E-state index contributed by atoms with van der Waals surface area (Å²) in [5, 5.41) is 4.75. The van der Waals surface area contributed by atoms with Crippen LogP contribution in [0, 0.1) is 13.8 Å². The number of benzene rings is 2. The second-order valence-corrected chi connectivity index (χ2v) is 6.81. The average Bonchev–Trinajstić information content (AvgIpc) is 2.92. The Labute approximate surface area is 149 Å². The molecule has 0 saturated carbocycles. The van der Waals surface area contributed by atoms with E-state index in [1.807, 2.05) is 35.8 Å². The van der Waals surface area contributed by atoms with Gasteiger partial charge in [0.2, 0.25) is 0 Å². The van der Waals surface area contributed by atoms with Crippen LogP contribution in [-0.4, -0.2) is 14.6 Å². The summed E-state index contributed by atoms with van der Waals surface area (Å²) in [5.41, 5.74) is 7.49. The molecule has 0 amide bonds. The molecule has 0 aliphatic rings. The summed E-state index contributed by atoms with van der Waals surface area (Å²) < 4.78 is 3.01. The molecule has 24 heavy (non-hydrogen) atoms. The lowest BCUT2D eigenvalue weighted by Crippen LogP contribution is -1.95. The molecule has 4 aromatic rings. The minimum Gasteiger partial charge on any atom is -0.236 e. The second kappa shape index (κ2) is 5.87. The molecule has 0 atom stereocenters. The van der Waals surface area contributed by atoms with Crippen LogP contribution in [0.15, 0.2) is 65.3 Å². The van der Waals surface area contributed by atoms with Crippen LogP contribution in [0.5, 0.6) is 0 Å². The van der Waals surface area contributed by atoms with Crippen molar-refractivity contribution in [3.63, 3.8) is 0 Å². The third kappa shape index (κ3) is 2.53. The zero-order valence-electron chi connectivity index (χ0n) is 13.5. The Kier molecular flexibility index (Phi) is 3.69. The Hall–Kier alpha value is -2.46. The molecule has 4 heteroatoms. The zero-order chi connectivity index (χ0) is 16.7. The quantitative estimate of drug-likeness (QED) is 0.465. The molecule has 0 bridgehead atoms. The van der Waals surface area contributed by atoms with Gasteiger partial charge in [-0.05, 0) is 37.6 Å². The zero-order valence-corrected chi connectivity index (χ0v) is 15.1. The molecular formula is C20H16BrN3. The monoisotopic (exact) mass is 377 g/mol. The van der Waals surface area contributed by atoms with E-state index in [1.165, 1.54) is 5.56 Å². The van der Waals surface area contributed by atoms with Gasteiger partial charge in [-0.3, -0.25) is 0 Å². The van der Waals surface area contributed by atoms with E-state index >= 15 is 0 Å². The molecule has 0 aliphatic carbocycles. The van der Waals surface area contributed by atoms with Crippen LogP contribution in [0.2, 0.25) is 0 Å². The van der Waals surface area contributed by atoms with Crippen molar-refractivity contribution in [2.75, 3.05) is 0 Å². The SMILES string of the molecule is Cc1ccc(-c2ccnc3c(-c4ccc(Br)cc4)c(C)nn23)cc1. The molecule has 2 aromatic heterocycles. The van der Waals surface area contributed by atoms with Crippen LogP contribution in [0.4, 0.5) is 0 Å². The fourth-order valence-electron chi connectivity index (χ4n) is 2.95. The Morgan fingerprint density at radius 2 is 1.50 bits per heavy atom. The van der Waals surface area contributed by atoms with Gasteiger partial charge in [-0.1, -0.05) is 57.9 Å². The van der Waals surface area contributed by atoms with Crippen molar-refractivity contribution in [3.8, 4) is 22.4 Å². The predicted molar refractivity (Wildman–Crippen MR) is 101 cm³/mol. The van der Waals surface area contributed by atoms with Gasteiger partial charge in [-0.15, -0.1) is 0 Å². The lowest BCUT2D eigenvalue weighted by Gasteiger charge is -2.06. The summed E-state index contributed by atoms with van der Waals surface area (Å²) in [7, 11) is 0. The summed E-state index contributed by atoms with van der Waals surface area (Å²) in [6.07, 6.45) is 1.86. The van der Waals surface area contributed by atoms with E-state index in [-0.39, 0.29) is 0 Å². The molecule has 0 aliphatic heterocycles. The highest BCUT2D eigenvalue weighted by Crippen LogP contribution is 2.30. The number of aromatic nitrogens is 3. The van der Waals surface area contributed by atoms with Crippen molar-refractivity contribution >= 4 is 21.6 Å². The lowest BCUT2D eigenvalue weighted by molar-refractivity contribution is 0.925. The Balaban J connectivity index is 1.95. The first-order valence-electron chi connectivity index (χ1n) is 7.81. The topological polar surface area (TPSA) is 30.2 Å². The number of aryl methyl sites for hydroxylation is 2. The first-order valence-corrected chi connectivity index (χ1v) is 8.60. The van der Waals surface area contributed by atoms with Crippen molar-refractivity contribution in [1.29, 1.82) is 0 Å². The highest BCUT2D eigenvalue weighted by Gasteiger charge is 2.15. The van der Waals surface area contributed by atoms with Gasteiger partial charge in [-0.25, -0.2) is 9.50 Å². The molecule has 0 saturated heterocycles. The van der Waals surface area contributed by atoms with Crippen LogP contribution in [0.25, 0.3) is 28.0 Å². The summed E-state index contributed by atoms with van der Waals surface area (Å²) in [4.78, 5) is 4.59. The van der Waals surface area contributed by atoms with Gasteiger partial charge in [0.25, 0.3) is 0 Å². The molecule has 2 heterocycles. The van der Waals surface area contributed by atoms with Crippen LogP contribution >= 0.6 is 15.9 Å². The number of nitrogens with zero attached hydrogens (tertiary/aromatic N) is 3. The number of hydrogen-bond donors (Lipinski definition) is 0. The van der Waals surface area contributed by atoms with E-state index in [4.69, 9.17) is 5.10 Å². The Morgan fingerprint density at radius 3 is 2.21 bits per heavy atom. The largest absolute Gasteiger partial charge is 0.236 e. The summed E-state index contributed by atoms with van der Waals surface area (Å²) >= 11 is 3.49. The fraction of sp³-hybridized carbons (Fsp3) is 0.100. The lowest BCUT2D eigenvalue weighted by atomic mass is 10.1. The van der Waals surface area contributed by atoms with Gasteiger partial charge < -0.3 is 0 Å². The van der Waals surface area contributed by atoms with Gasteiger partial charge in [0, 0.05) is 21.8 Å². The third-order valence-corrected chi connectivity index (χ3v) is 4.70. The molecule has 2 aromatic carbocycles. The molecule has 0 radical (unpaired) electrons. The molecule has 4 rings (SSSR count). The van der Waals surface area contributed by atoms with Crippen LogP contribution in [-0.2, 0) is 0 Å². The fourth-order valence-corrected chi connectivity index (χ4v) is 3.21. The van der Waals surface area contributed by atoms with E-state index in [0.717, 1.165) is 38.2 Å². The van der Waals surface area contributed by atoms with Gasteiger partial charge in [0.15, 0.2) is 5.65 Å². The van der Waals surface area contributed by atoms with Crippen LogP contribution in [0.3, 0.4) is 0 Å². The van der Waals surface area contributed by atoms with Gasteiger partial charge in [0.05, 0.1) is 11.4 Å². The number of fused-ring (bicyclic) bond motifs is 1. The number of halogens is 1. The highest BCUT2D eigenvalue weighted by atomic mass is 79.9. The normalized spacial score (nSPS) is 11.1. The van der Waals surface area contributed by atoms with E-state index in [0.29, 0.717) is 0 Å². The predicted octanol–water partition coefficient (Wildman–Crippen LogP) is 5.44. The van der Waals surface area contributed by atoms with Crippen LogP contribution < -0.4 is 0 Å². The minimum atomic E-state index is 0.882. The maximum absolute atomic E-state index is 4.75. The Bertz CT molecular complexity index is 1020. The Morgan fingerprint density at radius 1 is 0.833 bits per heavy atom. The van der Waals surface area contributed by atoms with Gasteiger partial charge >= 0.3 is 0 Å². The van der Waals surface area contributed by atoms with E-state index in [2.05, 4.69) is 64.2 Å². The average molecular weight is 378 g/mol. The number of hydrogen-bond acceptors (Lipinski definition) is 2. The van der Waals surface area contributed by atoms with Gasteiger partial charge in [-0.2, -0.15) is 5.10 Å². The van der Waals surface area contributed by atoms with Crippen molar-refractivity contribution in [3.05, 3.63) is 76.5 Å². The van der Waals surface area contributed by atoms with E-state index < -0.39 is 0 Å². The summed E-state index contributed by atoms with van der Waals surface area (Å²) in [6.45, 7) is 4.13. The molecule has 0 fully saturated rings. The first-order chi connectivity index (χ1) is 11.6. The maximum Gasteiger partial charge on any atom is 0.163 e. The van der Waals surface area contributed by atoms with E-state index in [1.54, 1.807) is 0 Å². The second-order valence-electron chi connectivity index (χ2n) is 5.90. The van der Waals surface area contributed by atoms with Gasteiger partial charge in [0.1, 0.15) is 0 Å². The van der Waals surface area contributed by atoms with E-state index in [9.17, 15) is 0 Å². The maximum atomic E-state index is 4.75. The van der Waals surface area contributed by atoms with Crippen molar-refractivity contribution in [2.24, 2.45) is 0 Å². The molecular weight excluding hydrogens is 362 g/mol.